The number of rotatable bonds is 7. The van der Waals surface area contributed by atoms with E-state index in [0.717, 1.165) is 26.6 Å². The van der Waals surface area contributed by atoms with E-state index in [9.17, 15) is 13.2 Å². The van der Waals surface area contributed by atoms with Crippen molar-refractivity contribution in [3.63, 3.8) is 0 Å². The zero-order valence-corrected chi connectivity index (χ0v) is 19.1. The maximum atomic E-state index is 13.4. The van der Waals surface area contributed by atoms with Gasteiger partial charge in [-0.05, 0) is 63.1 Å². The molecule has 6 heteroatoms. The summed E-state index contributed by atoms with van der Waals surface area (Å²) in [6.45, 7) is 7.49. The molecule has 0 fully saturated rings. The molecule has 0 radical (unpaired) electrons. The second-order valence-corrected chi connectivity index (χ2v) is 9.67. The van der Waals surface area contributed by atoms with Crippen LogP contribution in [-0.2, 0) is 14.8 Å². The third kappa shape index (κ3) is 5.33. The zero-order valence-electron chi connectivity index (χ0n) is 18.3. The number of nitrogens with one attached hydrogen (secondary N) is 1. The topological polar surface area (TPSA) is 66.5 Å². The van der Waals surface area contributed by atoms with E-state index in [0.29, 0.717) is 5.69 Å². The second-order valence-electron chi connectivity index (χ2n) is 7.81. The van der Waals surface area contributed by atoms with Crippen LogP contribution >= 0.6 is 0 Å². The van der Waals surface area contributed by atoms with E-state index >= 15 is 0 Å². The Morgan fingerprint density at radius 1 is 0.903 bits per heavy atom. The fourth-order valence-corrected chi connectivity index (χ4v) is 4.89. The quantitative estimate of drug-likeness (QED) is 0.585. The van der Waals surface area contributed by atoms with Crippen LogP contribution in [-0.4, -0.2) is 20.9 Å². The molecule has 1 amide bonds. The summed E-state index contributed by atoms with van der Waals surface area (Å²) in [7, 11) is -3.91. The van der Waals surface area contributed by atoms with Gasteiger partial charge in [-0.2, -0.15) is 0 Å². The second kappa shape index (κ2) is 9.35. The number of carbonyl (C=O) groups is 1. The Morgan fingerprint density at radius 2 is 1.52 bits per heavy atom. The first kappa shape index (κ1) is 22.6. The van der Waals surface area contributed by atoms with Gasteiger partial charge in [-0.3, -0.25) is 9.10 Å². The van der Waals surface area contributed by atoms with E-state index in [4.69, 9.17) is 0 Å². The third-order valence-electron chi connectivity index (χ3n) is 5.22. The van der Waals surface area contributed by atoms with Crippen LogP contribution < -0.4 is 9.62 Å². The lowest BCUT2D eigenvalue weighted by Gasteiger charge is -2.25. The molecule has 3 rings (SSSR count). The largest absolute Gasteiger partial charge is 0.348 e. The van der Waals surface area contributed by atoms with Crippen molar-refractivity contribution in [1.29, 1.82) is 0 Å². The minimum atomic E-state index is -3.91. The number of anilines is 1. The van der Waals surface area contributed by atoms with Crippen LogP contribution in [0.2, 0.25) is 0 Å². The molecule has 1 unspecified atom stereocenters. The van der Waals surface area contributed by atoms with E-state index in [-0.39, 0.29) is 23.4 Å². The van der Waals surface area contributed by atoms with Crippen LogP contribution in [0.25, 0.3) is 0 Å². The highest BCUT2D eigenvalue weighted by atomic mass is 32.2. The van der Waals surface area contributed by atoms with Crippen LogP contribution in [0, 0.1) is 20.8 Å². The van der Waals surface area contributed by atoms with Gasteiger partial charge >= 0.3 is 0 Å². The molecule has 0 aromatic heterocycles. The summed E-state index contributed by atoms with van der Waals surface area (Å²) in [6.07, 6.45) is 0. The lowest BCUT2D eigenvalue weighted by molar-refractivity contribution is -0.120. The average Bonchev–Trinajstić information content (AvgIpc) is 2.74. The molecule has 1 atom stereocenters. The molecule has 0 aliphatic rings. The zero-order chi connectivity index (χ0) is 22.6. The Kier molecular flexibility index (Phi) is 6.81. The Hall–Kier alpha value is -3.12. The van der Waals surface area contributed by atoms with E-state index in [1.165, 1.54) is 0 Å². The SMILES string of the molecule is Cc1ccc(S(=O)(=O)N(CC(=O)NC(C)c2cc(C)ccc2C)c2ccccc2)cc1. The van der Waals surface area contributed by atoms with Gasteiger partial charge < -0.3 is 5.32 Å². The lowest BCUT2D eigenvalue weighted by Crippen LogP contribution is -2.41. The average molecular weight is 437 g/mol. The standard InChI is InChI=1S/C25H28N2O3S/c1-18-11-14-23(15-12-18)31(29,30)27(22-8-6-5-7-9-22)17-25(28)26-21(4)24-16-19(2)10-13-20(24)3/h5-16,21H,17H2,1-4H3,(H,26,28). The Bertz CT molecular complexity index is 1160. The summed E-state index contributed by atoms with van der Waals surface area (Å²) in [5, 5.41) is 2.95. The minimum Gasteiger partial charge on any atom is -0.348 e. The molecule has 0 spiro atoms. The van der Waals surface area contributed by atoms with Crippen molar-refractivity contribution in [2.45, 2.75) is 38.6 Å². The summed E-state index contributed by atoms with van der Waals surface area (Å²) in [5.74, 6) is -0.368. The maximum absolute atomic E-state index is 13.4. The lowest BCUT2D eigenvalue weighted by atomic mass is 10.00. The molecule has 31 heavy (non-hydrogen) atoms. The third-order valence-corrected chi connectivity index (χ3v) is 7.01. The van der Waals surface area contributed by atoms with E-state index in [1.807, 2.05) is 52.0 Å². The molecule has 162 valence electrons. The van der Waals surface area contributed by atoms with Gasteiger partial charge in [0.05, 0.1) is 16.6 Å². The number of aryl methyl sites for hydroxylation is 3. The molecule has 0 saturated carbocycles. The highest BCUT2D eigenvalue weighted by Gasteiger charge is 2.27. The fourth-order valence-electron chi connectivity index (χ4n) is 3.47. The van der Waals surface area contributed by atoms with Gasteiger partial charge in [0.15, 0.2) is 0 Å². The smallest absolute Gasteiger partial charge is 0.264 e. The van der Waals surface area contributed by atoms with Crippen molar-refractivity contribution in [2.24, 2.45) is 0 Å². The van der Waals surface area contributed by atoms with E-state index < -0.39 is 10.0 Å². The molecule has 0 heterocycles. The number of para-hydroxylation sites is 1. The number of benzene rings is 3. The summed E-state index contributed by atoms with van der Waals surface area (Å²) < 4.78 is 27.9. The van der Waals surface area contributed by atoms with Gasteiger partial charge in [0.1, 0.15) is 6.54 Å². The van der Waals surface area contributed by atoms with Crippen LogP contribution in [0.1, 0.15) is 35.2 Å². The summed E-state index contributed by atoms with van der Waals surface area (Å²) >= 11 is 0. The number of hydrogen-bond acceptors (Lipinski definition) is 3. The number of carbonyl (C=O) groups excluding carboxylic acids is 1. The van der Waals surface area contributed by atoms with Gasteiger partial charge in [0, 0.05) is 0 Å². The summed E-state index contributed by atoms with van der Waals surface area (Å²) in [5.41, 5.74) is 4.60. The predicted octanol–water partition coefficient (Wildman–Crippen LogP) is 4.68. The van der Waals surface area contributed by atoms with E-state index in [2.05, 4.69) is 5.32 Å². The highest BCUT2D eigenvalue weighted by Crippen LogP contribution is 2.24. The van der Waals surface area contributed by atoms with Crippen molar-refractivity contribution in [3.8, 4) is 0 Å². The van der Waals surface area contributed by atoms with Crippen molar-refractivity contribution in [1.82, 2.24) is 5.32 Å². The molecule has 5 nitrogen and oxygen atoms in total. The van der Waals surface area contributed by atoms with Crippen molar-refractivity contribution in [2.75, 3.05) is 10.8 Å². The number of sulfonamides is 1. The Labute approximate surface area is 184 Å². The monoisotopic (exact) mass is 436 g/mol. The van der Waals surface area contributed by atoms with Gasteiger partial charge in [-0.15, -0.1) is 0 Å². The highest BCUT2D eigenvalue weighted by molar-refractivity contribution is 7.92. The van der Waals surface area contributed by atoms with Gasteiger partial charge in [-0.1, -0.05) is 59.7 Å². The van der Waals surface area contributed by atoms with E-state index in [1.54, 1.807) is 48.5 Å². The molecule has 0 aliphatic heterocycles. The summed E-state index contributed by atoms with van der Waals surface area (Å²) in [6, 6.07) is 21.2. The first-order valence-electron chi connectivity index (χ1n) is 10.2. The minimum absolute atomic E-state index is 0.150. The maximum Gasteiger partial charge on any atom is 0.264 e. The van der Waals surface area contributed by atoms with Crippen LogP contribution in [0.15, 0.2) is 77.7 Å². The molecule has 0 saturated heterocycles. The molecule has 3 aromatic carbocycles. The Morgan fingerprint density at radius 3 is 2.16 bits per heavy atom. The van der Waals surface area contributed by atoms with Crippen molar-refractivity contribution < 1.29 is 13.2 Å². The fraction of sp³-hybridized carbons (Fsp3) is 0.240. The van der Waals surface area contributed by atoms with Crippen LogP contribution in [0.5, 0.6) is 0 Å². The molecule has 0 aliphatic carbocycles. The van der Waals surface area contributed by atoms with Crippen molar-refractivity contribution >= 4 is 21.6 Å². The number of amides is 1. The normalized spacial score (nSPS) is 12.3. The number of hydrogen-bond donors (Lipinski definition) is 1. The summed E-state index contributed by atoms with van der Waals surface area (Å²) in [4.78, 5) is 13.1. The number of nitrogens with zero attached hydrogens (tertiary/aromatic N) is 1. The molecule has 3 aromatic rings. The van der Waals surface area contributed by atoms with Crippen LogP contribution in [0.3, 0.4) is 0 Å². The van der Waals surface area contributed by atoms with Crippen LogP contribution in [0.4, 0.5) is 5.69 Å². The first-order chi connectivity index (χ1) is 14.7. The first-order valence-corrected chi connectivity index (χ1v) is 11.6. The van der Waals surface area contributed by atoms with Crippen molar-refractivity contribution in [3.05, 3.63) is 95.1 Å². The van der Waals surface area contributed by atoms with Gasteiger partial charge in [0.2, 0.25) is 5.91 Å². The molecular formula is C25H28N2O3S. The van der Waals surface area contributed by atoms with Gasteiger partial charge in [0.25, 0.3) is 10.0 Å². The molecule has 0 bridgehead atoms. The molecular weight excluding hydrogens is 408 g/mol. The van der Waals surface area contributed by atoms with Gasteiger partial charge in [-0.25, -0.2) is 8.42 Å². The molecule has 1 N–H and O–H groups in total. The predicted molar refractivity (Wildman–Crippen MR) is 125 cm³/mol. The Balaban J connectivity index is 1.88.